The van der Waals surface area contributed by atoms with Crippen LogP contribution in [0.5, 0.6) is 6.01 Å². The van der Waals surface area contributed by atoms with E-state index in [1.54, 1.807) is 19.4 Å². The van der Waals surface area contributed by atoms with E-state index in [9.17, 15) is 0 Å². The molecule has 5 nitrogen and oxygen atoms in total. The van der Waals surface area contributed by atoms with Gasteiger partial charge in [0, 0.05) is 13.3 Å². The molecule has 2 N–H and O–H groups in total. The minimum absolute atomic E-state index is 0.284. The second-order valence-corrected chi connectivity index (χ2v) is 2.11. The standard InChI is InChI=1S/C7H11N3O2/c1-11-4-5-12-7-9-3-2-6(8)10-7/h2-3H,4-5H2,1H3,(H2,8,9,10). The van der Waals surface area contributed by atoms with Crippen molar-refractivity contribution in [1.29, 1.82) is 0 Å². The van der Waals surface area contributed by atoms with Gasteiger partial charge < -0.3 is 15.2 Å². The molecule has 1 heterocycles. The summed E-state index contributed by atoms with van der Waals surface area (Å²) in [6.45, 7) is 0.943. The average molecular weight is 169 g/mol. The molecule has 0 amide bonds. The van der Waals surface area contributed by atoms with Crippen molar-refractivity contribution in [3.63, 3.8) is 0 Å². The van der Waals surface area contributed by atoms with Gasteiger partial charge in [-0.1, -0.05) is 0 Å². The minimum atomic E-state index is 0.284. The topological polar surface area (TPSA) is 70.3 Å². The number of aromatic nitrogens is 2. The van der Waals surface area contributed by atoms with E-state index >= 15 is 0 Å². The number of nitrogen functional groups attached to an aromatic ring is 1. The van der Waals surface area contributed by atoms with Gasteiger partial charge in [0.25, 0.3) is 0 Å². The molecule has 0 aliphatic rings. The highest BCUT2D eigenvalue weighted by Gasteiger charge is 1.95. The van der Waals surface area contributed by atoms with Crippen LogP contribution in [0.1, 0.15) is 0 Å². The minimum Gasteiger partial charge on any atom is -0.461 e. The normalized spacial score (nSPS) is 9.75. The maximum absolute atomic E-state index is 5.40. The summed E-state index contributed by atoms with van der Waals surface area (Å²) in [7, 11) is 1.60. The smallest absolute Gasteiger partial charge is 0.318 e. The van der Waals surface area contributed by atoms with Crippen molar-refractivity contribution >= 4 is 5.82 Å². The van der Waals surface area contributed by atoms with Crippen molar-refractivity contribution in [2.24, 2.45) is 0 Å². The molecule has 0 radical (unpaired) electrons. The zero-order valence-corrected chi connectivity index (χ0v) is 6.86. The van der Waals surface area contributed by atoms with Crippen LogP contribution in [0.4, 0.5) is 5.82 Å². The van der Waals surface area contributed by atoms with Gasteiger partial charge in [-0.2, -0.15) is 4.98 Å². The van der Waals surface area contributed by atoms with Crippen molar-refractivity contribution in [2.75, 3.05) is 26.1 Å². The average Bonchev–Trinajstić information content (AvgIpc) is 2.05. The third kappa shape index (κ3) is 2.71. The Labute approximate surface area is 70.5 Å². The third-order valence-electron chi connectivity index (χ3n) is 1.17. The first-order chi connectivity index (χ1) is 5.83. The number of nitrogens with two attached hydrogens (primary N) is 1. The van der Waals surface area contributed by atoms with Gasteiger partial charge in [0.1, 0.15) is 12.4 Å². The number of nitrogens with zero attached hydrogens (tertiary/aromatic N) is 2. The second kappa shape index (κ2) is 4.50. The molecule has 12 heavy (non-hydrogen) atoms. The predicted octanol–water partition coefficient (Wildman–Crippen LogP) is 0.0840. The molecule has 1 aromatic heterocycles. The molecule has 5 heteroatoms. The van der Waals surface area contributed by atoms with Gasteiger partial charge in [-0.05, 0) is 6.07 Å². The fourth-order valence-corrected chi connectivity index (χ4v) is 0.640. The molecule has 0 atom stereocenters. The van der Waals surface area contributed by atoms with E-state index in [-0.39, 0.29) is 6.01 Å². The van der Waals surface area contributed by atoms with Crippen molar-refractivity contribution < 1.29 is 9.47 Å². The zero-order valence-electron chi connectivity index (χ0n) is 6.86. The Hall–Kier alpha value is -1.36. The Morgan fingerprint density at radius 3 is 3.00 bits per heavy atom. The summed E-state index contributed by atoms with van der Waals surface area (Å²) in [6.07, 6.45) is 1.55. The molecular weight excluding hydrogens is 158 g/mol. The van der Waals surface area contributed by atoms with Crippen molar-refractivity contribution in [3.05, 3.63) is 12.3 Å². The van der Waals surface area contributed by atoms with E-state index in [4.69, 9.17) is 15.2 Å². The molecule has 1 aromatic rings. The van der Waals surface area contributed by atoms with Crippen LogP contribution < -0.4 is 10.5 Å². The number of hydrogen-bond donors (Lipinski definition) is 1. The number of anilines is 1. The Bertz CT molecular complexity index is 242. The first-order valence-electron chi connectivity index (χ1n) is 3.53. The molecule has 0 saturated carbocycles. The van der Waals surface area contributed by atoms with Crippen LogP contribution >= 0.6 is 0 Å². The lowest BCUT2D eigenvalue weighted by Gasteiger charge is -2.02. The lowest BCUT2D eigenvalue weighted by atomic mass is 10.6. The second-order valence-electron chi connectivity index (χ2n) is 2.11. The quantitative estimate of drug-likeness (QED) is 0.646. The summed E-state index contributed by atoms with van der Waals surface area (Å²) in [5.74, 6) is 0.400. The largest absolute Gasteiger partial charge is 0.461 e. The first kappa shape index (κ1) is 8.73. The van der Waals surface area contributed by atoms with Gasteiger partial charge in [0.05, 0.1) is 6.61 Å². The predicted molar refractivity (Wildman–Crippen MR) is 43.8 cm³/mol. The lowest BCUT2D eigenvalue weighted by molar-refractivity contribution is 0.141. The van der Waals surface area contributed by atoms with Crippen LogP contribution in [0.2, 0.25) is 0 Å². The van der Waals surface area contributed by atoms with Crippen LogP contribution in [-0.2, 0) is 4.74 Å². The zero-order chi connectivity index (χ0) is 8.81. The van der Waals surface area contributed by atoms with Crippen LogP contribution in [0.3, 0.4) is 0 Å². The van der Waals surface area contributed by atoms with E-state index in [1.807, 2.05) is 0 Å². The summed E-state index contributed by atoms with van der Waals surface area (Å²) < 4.78 is 9.88. The Kier molecular flexibility index (Phi) is 3.28. The van der Waals surface area contributed by atoms with Crippen molar-refractivity contribution in [1.82, 2.24) is 9.97 Å². The number of ether oxygens (including phenoxy) is 2. The molecular formula is C7H11N3O2. The molecule has 0 aliphatic heterocycles. The lowest BCUT2D eigenvalue weighted by Crippen LogP contribution is -2.07. The highest BCUT2D eigenvalue weighted by Crippen LogP contribution is 2.02. The van der Waals surface area contributed by atoms with Crippen molar-refractivity contribution in [2.45, 2.75) is 0 Å². The Morgan fingerprint density at radius 1 is 1.50 bits per heavy atom. The van der Waals surface area contributed by atoms with Crippen LogP contribution in [0.15, 0.2) is 12.3 Å². The SMILES string of the molecule is COCCOc1nccc(N)n1. The van der Waals surface area contributed by atoms with Gasteiger partial charge in [0.15, 0.2) is 0 Å². The molecule has 0 aromatic carbocycles. The van der Waals surface area contributed by atoms with Crippen LogP contribution in [-0.4, -0.2) is 30.3 Å². The summed E-state index contributed by atoms with van der Waals surface area (Å²) in [5.41, 5.74) is 5.40. The molecule has 0 saturated heterocycles. The summed E-state index contributed by atoms with van der Waals surface area (Å²) in [6, 6.07) is 1.88. The van der Waals surface area contributed by atoms with Gasteiger partial charge in [-0.25, -0.2) is 4.98 Å². The highest BCUT2D eigenvalue weighted by molar-refractivity contribution is 5.26. The van der Waals surface area contributed by atoms with Gasteiger partial charge in [-0.3, -0.25) is 0 Å². The summed E-state index contributed by atoms with van der Waals surface area (Å²) in [4.78, 5) is 7.68. The summed E-state index contributed by atoms with van der Waals surface area (Å²) in [5, 5.41) is 0. The fraction of sp³-hybridized carbons (Fsp3) is 0.429. The maximum atomic E-state index is 5.40. The first-order valence-corrected chi connectivity index (χ1v) is 3.53. The van der Waals surface area contributed by atoms with Crippen LogP contribution in [0.25, 0.3) is 0 Å². The number of rotatable bonds is 4. The van der Waals surface area contributed by atoms with Gasteiger partial charge in [0.2, 0.25) is 0 Å². The monoisotopic (exact) mass is 169 g/mol. The van der Waals surface area contributed by atoms with Gasteiger partial charge in [-0.15, -0.1) is 0 Å². The van der Waals surface area contributed by atoms with Crippen molar-refractivity contribution in [3.8, 4) is 6.01 Å². The summed E-state index contributed by atoms with van der Waals surface area (Å²) >= 11 is 0. The highest BCUT2D eigenvalue weighted by atomic mass is 16.5. The molecule has 0 unspecified atom stereocenters. The van der Waals surface area contributed by atoms with Gasteiger partial charge >= 0.3 is 6.01 Å². The molecule has 1 rings (SSSR count). The van der Waals surface area contributed by atoms with E-state index in [2.05, 4.69) is 9.97 Å². The molecule has 0 bridgehead atoms. The third-order valence-corrected chi connectivity index (χ3v) is 1.17. The van der Waals surface area contributed by atoms with E-state index in [0.29, 0.717) is 19.0 Å². The number of hydrogen-bond acceptors (Lipinski definition) is 5. The Morgan fingerprint density at radius 2 is 2.33 bits per heavy atom. The van der Waals surface area contributed by atoms with E-state index < -0.39 is 0 Å². The van der Waals surface area contributed by atoms with E-state index in [1.165, 1.54) is 0 Å². The Balaban J connectivity index is 2.41. The molecule has 0 aliphatic carbocycles. The maximum Gasteiger partial charge on any atom is 0.318 e. The van der Waals surface area contributed by atoms with E-state index in [0.717, 1.165) is 0 Å². The fourth-order valence-electron chi connectivity index (χ4n) is 0.640. The molecule has 0 spiro atoms. The van der Waals surface area contributed by atoms with Crippen LogP contribution in [0, 0.1) is 0 Å². The molecule has 0 fully saturated rings. The molecule has 66 valence electrons. The number of methoxy groups -OCH3 is 1.